The van der Waals surface area contributed by atoms with E-state index >= 15 is 0 Å². The lowest BCUT2D eigenvalue weighted by molar-refractivity contribution is 0.0701. The standard InChI is InChI=1S/C18H16FN3O2/c19-12-4-3-5-14(8-12)24-15-9-13(10-15)21-18(23)16-11-20-22-7-2-1-6-17(16)22/h1-8,11,13,15H,9-10H2,(H,21,23). The minimum atomic E-state index is -0.315. The van der Waals surface area contributed by atoms with E-state index in [4.69, 9.17) is 4.74 Å². The van der Waals surface area contributed by atoms with Crippen molar-refractivity contribution < 1.29 is 13.9 Å². The molecule has 2 heterocycles. The summed E-state index contributed by atoms with van der Waals surface area (Å²) in [7, 11) is 0. The molecule has 1 saturated carbocycles. The van der Waals surface area contributed by atoms with E-state index in [1.807, 2.05) is 18.2 Å². The third kappa shape index (κ3) is 2.82. The van der Waals surface area contributed by atoms with Crippen molar-refractivity contribution >= 4 is 11.4 Å². The van der Waals surface area contributed by atoms with Gasteiger partial charge in [0.1, 0.15) is 17.7 Å². The van der Waals surface area contributed by atoms with Crippen LogP contribution in [-0.2, 0) is 0 Å². The molecule has 3 aromatic rings. The zero-order valence-electron chi connectivity index (χ0n) is 12.9. The van der Waals surface area contributed by atoms with Crippen LogP contribution in [0.1, 0.15) is 23.2 Å². The number of benzene rings is 1. The molecule has 0 aliphatic heterocycles. The van der Waals surface area contributed by atoms with E-state index < -0.39 is 0 Å². The summed E-state index contributed by atoms with van der Waals surface area (Å²) in [6.45, 7) is 0. The van der Waals surface area contributed by atoms with Crippen LogP contribution in [0.3, 0.4) is 0 Å². The number of nitrogens with zero attached hydrogens (tertiary/aromatic N) is 2. The number of aromatic nitrogens is 2. The maximum atomic E-state index is 13.1. The Morgan fingerprint density at radius 2 is 2.12 bits per heavy atom. The highest BCUT2D eigenvalue weighted by Gasteiger charge is 2.32. The smallest absolute Gasteiger partial charge is 0.255 e. The van der Waals surface area contributed by atoms with Gasteiger partial charge in [-0.25, -0.2) is 8.91 Å². The van der Waals surface area contributed by atoms with Gasteiger partial charge in [-0.3, -0.25) is 4.79 Å². The third-order valence-corrected chi connectivity index (χ3v) is 4.20. The molecule has 2 aromatic heterocycles. The Labute approximate surface area is 138 Å². The van der Waals surface area contributed by atoms with Crippen molar-refractivity contribution in [1.29, 1.82) is 0 Å². The molecule has 0 atom stereocenters. The van der Waals surface area contributed by atoms with Crippen LogP contribution >= 0.6 is 0 Å². The van der Waals surface area contributed by atoms with Gasteiger partial charge in [0, 0.05) is 31.1 Å². The fourth-order valence-corrected chi connectivity index (χ4v) is 2.89. The third-order valence-electron chi connectivity index (χ3n) is 4.20. The first-order chi connectivity index (χ1) is 11.7. The lowest BCUT2D eigenvalue weighted by atomic mass is 9.89. The first-order valence-corrected chi connectivity index (χ1v) is 7.84. The average Bonchev–Trinajstić information content (AvgIpc) is 2.97. The van der Waals surface area contributed by atoms with E-state index in [9.17, 15) is 9.18 Å². The zero-order chi connectivity index (χ0) is 16.5. The minimum Gasteiger partial charge on any atom is -0.490 e. The van der Waals surface area contributed by atoms with E-state index in [0.29, 0.717) is 24.2 Å². The molecule has 1 fully saturated rings. The molecule has 1 aliphatic rings. The molecule has 1 aromatic carbocycles. The number of carbonyl (C=O) groups is 1. The monoisotopic (exact) mass is 325 g/mol. The summed E-state index contributed by atoms with van der Waals surface area (Å²) in [6.07, 6.45) is 4.80. The molecule has 1 amide bonds. The molecule has 1 aliphatic carbocycles. The van der Waals surface area contributed by atoms with E-state index in [0.717, 1.165) is 5.52 Å². The summed E-state index contributed by atoms with van der Waals surface area (Å²) in [4.78, 5) is 12.4. The van der Waals surface area contributed by atoms with Gasteiger partial charge in [0.15, 0.2) is 0 Å². The van der Waals surface area contributed by atoms with Crippen LogP contribution in [0, 0.1) is 5.82 Å². The quantitative estimate of drug-likeness (QED) is 0.802. The Hall–Kier alpha value is -2.89. The van der Waals surface area contributed by atoms with Gasteiger partial charge in [0.25, 0.3) is 5.91 Å². The molecule has 1 N–H and O–H groups in total. The Morgan fingerprint density at radius 1 is 1.25 bits per heavy atom. The second kappa shape index (κ2) is 5.96. The van der Waals surface area contributed by atoms with Crippen molar-refractivity contribution in [3.63, 3.8) is 0 Å². The lowest BCUT2D eigenvalue weighted by Gasteiger charge is -2.35. The number of halogens is 1. The highest BCUT2D eigenvalue weighted by Crippen LogP contribution is 2.26. The Kier molecular flexibility index (Phi) is 3.65. The van der Waals surface area contributed by atoms with Crippen molar-refractivity contribution in [2.45, 2.75) is 25.0 Å². The van der Waals surface area contributed by atoms with Gasteiger partial charge in [-0.1, -0.05) is 12.1 Å². The second-order valence-corrected chi connectivity index (χ2v) is 5.93. The molecule has 122 valence electrons. The predicted octanol–water partition coefficient (Wildman–Crippen LogP) is 2.81. The molecular formula is C18H16FN3O2. The largest absolute Gasteiger partial charge is 0.490 e. The van der Waals surface area contributed by atoms with Gasteiger partial charge in [-0.05, 0) is 24.3 Å². The van der Waals surface area contributed by atoms with Crippen molar-refractivity contribution in [3.8, 4) is 5.75 Å². The summed E-state index contributed by atoms with van der Waals surface area (Å²) >= 11 is 0. The molecule has 6 heteroatoms. The molecule has 0 radical (unpaired) electrons. The Bertz CT molecular complexity index is 887. The SMILES string of the molecule is O=C(NC1CC(Oc2cccc(F)c2)C1)c1cnn2ccccc12. The highest BCUT2D eigenvalue weighted by atomic mass is 19.1. The summed E-state index contributed by atoms with van der Waals surface area (Å²) < 4.78 is 20.5. The van der Waals surface area contributed by atoms with Gasteiger partial charge in [-0.15, -0.1) is 0 Å². The number of ether oxygens (including phenoxy) is 1. The van der Waals surface area contributed by atoms with Gasteiger partial charge >= 0.3 is 0 Å². The van der Waals surface area contributed by atoms with Crippen LogP contribution in [0.4, 0.5) is 4.39 Å². The zero-order valence-corrected chi connectivity index (χ0v) is 12.9. The number of amides is 1. The number of hydrogen-bond acceptors (Lipinski definition) is 3. The summed E-state index contributed by atoms with van der Waals surface area (Å²) in [5, 5.41) is 7.16. The lowest BCUT2D eigenvalue weighted by Crippen LogP contribution is -2.48. The average molecular weight is 325 g/mol. The van der Waals surface area contributed by atoms with Crippen molar-refractivity contribution in [2.75, 3.05) is 0 Å². The Morgan fingerprint density at radius 3 is 2.96 bits per heavy atom. The van der Waals surface area contributed by atoms with E-state index in [-0.39, 0.29) is 23.9 Å². The number of nitrogens with one attached hydrogen (secondary N) is 1. The predicted molar refractivity (Wildman–Crippen MR) is 86.5 cm³/mol. The molecule has 5 nitrogen and oxygen atoms in total. The molecule has 4 rings (SSSR count). The maximum absolute atomic E-state index is 13.1. The first-order valence-electron chi connectivity index (χ1n) is 7.84. The van der Waals surface area contributed by atoms with Gasteiger partial charge in [-0.2, -0.15) is 5.10 Å². The number of pyridine rings is 1. The minimum absolute atomic E-state index is 0.000932. The van der Waals surface area contributed by atoms with Crippen LogP contribution in [0.25, 0.3) is 5.52 Å². The number of carbonyl (C=O) groups excluding carboxylic acids is 1. The van der Waals surface area contributed by atoms with E-state index in [2.05, 4.69) is 10.4 Å². The molecule has 0 spiro atoms. The van der Waals surface area contributed by atoms with Crippen LogP contribution in [0.15, 0.2) is 54.9 Å². The van der Waals surface area contributed by atoms with E-state index in [1.165, 1.54) is 12.1 Å². The highest BCUT2D eigenvalue weighted by molar-refractivity contribution is 6.00. The molecule has 0 unspecified atom stereocenters. The molecule has 0 bridgehead atoms. The van der Waals surface area contributed by atoms with Crippen LogP contribution in [-0.4, -0.2) is 27.7 Å². The van der Waals surface area contributed by atoms with E-state index in [1.54, 1.807) is 29.0 Å². The van der Waals surface area contributed by atoms with Gasteiger partial charge in [0.05, 0.1) is 17.3 Å². The fourth-order valence-electron chi connectivity index (χ4n) is 2.89. The summed E-state index contributed by atoms with van der Waals surface area (Å²) in [5.41, 5.74) is 1.34. The van der Waals surface area contributed by atoms with Gasteiger partial charge in [0.2, 0.25) is 0 Å². The van der Waals surface area contributed by atoms with Crippen molar-refractivity contribution in [1.82, 2.24) is 14.9 Å². The van der Waals surface area contributed by atoms with Gasteiger partial charge < -0.3 is 10.1 Å². The van der Waals surface area contributed by atoms with Crippen LogP contribution in [0.5, 0.6) is 5.75 Å². The molecule has 0 saturated heterocycles. The fraction of sp³-hybridized carbons (Fsp3) is 0.222. The number of fused-ring (bicyclic) bond motifs is 1. The Balaban J connectivity index is 1.34. The maximum Gasteiger partial charge on any atom is 0.255 e. The second-order valence-electron chi connectivity index (χ2n) is 5.93. The molecule has 24 heavy (non-hydrogen) atoms. The van der Waals surface area contributed by atoms with Crippen molar-refractivity contribution in [3.05, 3.63) is 66.2 Å². The van der Waals surface area contributed by atoms with Crippen LogP contribution in [0.2, 0.25) is 0 Å². The molecular weight excluding hydrogens is 309 g/mol. The first kappa shape index (κ1) is 14.7. The topological polar surface area (TPSA) is 55.6 Å². The number of hydrogen-bond donors (Lipinski definition) is 1. The van der Waals surface area contributed by atoms with Crippen molar-refractivity contribution in [2.24, 2.45) is 0 Å². The summed E-state index contributed by atoms with van der Waals surface area (Å²) in [5.74, 6) is 0.0718. The normalized spacial score (nSPS) is 19.7. The number of rotatable bonds is 4. The van der Waals surface area contributed by atoms with Crippen LogP contribution < -0.4 is 10.1 Å². The summed E-state index contributed by atoms with van der Waals surface area (Å²) in [6, 6.07) is 11.8.